The van der Waals surface area contributed by atoms with E-state index in [9.17, 15) is 4.39 Å². The molecular formula is C6H7ClFIN2. The van der Waals surface area contributed by atoms with Crippen LogP contribution in [0.1, 0.15) is 0 Å². The Balaban J connectivity index is 0.000001000. The largest absolute Gasteiger partial charge is 0.323 e. The molecule has 1 aromatic rings. The summed E-state index contributed by atoms with van der Waals surface area (Å²) in [4.78, 5) is 0. The van der Waals surface area contributed by atoms with E-state index in [1.54, 1.807) is 6.07 Å². The first kappa shape index (κ1) is 10.9. The molecule has 1 rings (SSSR count). The summed E-state index contributed by atoms with van der Waals surface area (Å²) < 4.78 is 13.2. The van der Waals surface area contributed by atoms with Gasteiger partial charge in [-0.3, -0.25) is 5.84 Å². The van der Waals surface area contributed by atoms with Gasteiger partial charge in [0.2, 0.25) is 0 Å². The molecule has 0 unspecified atom stereocenters. The monoisotopic (exact) mass is 288 g/mol. The molecule has 0 radical (unpaired) electrons. The molecule has 0 heterocycles. The molecule has 11 heavy (non-hydrogen) atoms. The third kappa shape index (κ3) is 2.80. The molecular weight excluding hydrogens is 281 g/mol. The Bertz CT molecular complexity index is 244. The smallest absolute Gasteiger partial charge is 0.124 e. The van der Waals surface area contributed by atoms with Gasteiger partial charge in [-0.2, -0.15) is 0 Å². The average molecular weight is 288 g/mol. The number of nitrogens with one attached hydrogen (secondary N) is 1. The summed E-state index contributed by atoms with van der Waals surface area (Å²) in [6, 6.07) is 4.37. The number of hydrogen-bond donors (Lipinski definition) is 2. The number of hydrogen-bond acceptors (Lipinski definition) is 2. The van der Waals surface area contributed by atoms with Crippen molar-refractivity contribution in [3.05, 3.63) is 27.6 Å². The van der Waals surface area contributed by atoms with Gasteiger partial charge >= 0.3 is 0 Å². The lowest BCUT2D eigenvalue weighted by atomic mass is 10.3. The van der Waals surface area contributed by atoms with Gasteiger partial charge in [-0.25, -0.2) is 4.39 Å². The number of nitrogen functional groups attached to an aromatic ring is 1. The van der Waals surface area contributed by atoms with Gasteiger partial charge in [0.25, 0.3) is 0 Å². The summed E-state index contributed by atoms with van der Waals surface area (Å²) in [5.41, 5.74) is 3.19. The van der Waals surface area contributed by atoms with Crippen LogP contribution < -0.4 is 11.3 Å². The van der Waals surface area contributed by atoms with E-state index < -0.39 is 0 Å². The Labute approximate surface area is 83.9 Å². The fraction of sp³-hybridized carbons (Fsp3) is 0. The second-order valence-electron chi connectivity index (χ2n) is 1.77. The van der Waals surface area contributed by atoms with Crippen LogP contribution in [-0.4, -0.2) is 0 Å². The van der Waals surface area contributed by atoms with Crippen molar-refractivity contribution in [1.29, 1.82) is 0 Å². The Kier molecular flexibility index (Phi) is 4.71. The molecule has 0 fully saturated rings. The fourth-order valence-corrected chi connectivity index (χ4v) is 1.24. The van der Waals surface area contributed by atoms with Crippen LogP contribution in [0.4, 0.5) is 10.1 Å². The second-order valence-corrected chi connectivity index (χ2v) is 2.93. The Morgan fingerprint density at radius 2 is 2.09 bits per heavy atom. The minimum atomic E-state index is -0.247. The number of anilines is 1. The van der Waals surface area contributed by atoms with Gasteiger partial charge in [0, 0.05) is 3.57 Å². The highest BCUT2D eigenvalue weighted by molar-refractivity contribution is 14.1. The number of rotatable bonds is 1. The standard InChI is InChI=1S/C6H6FIN2.ClH/c7-4-1-2-6(10-9)5(8)3-4;/h1-3,10H,9H2;1H. The lowest BCUT2D eigenvalue weighted by molar-refractivity contribution is 0.627. The zero-order valence-corrected chi connectivity index (χ0v) is 8.45. The van der Waals surface area contributed by atoms with Crippen LogP contribution in [0.3, 0.4) is 0 Å². The molecule has 0 bridgehead atoms. The van der Waals surface area contributed by atoms with Crippen molar-refractivity contribution >= 4 is 40.7 Å². The van der Waals surface area contributed by atoms with Crippen molar-refractivity contribution in [3.8, 4) is 0 Å². The zero-order valence-electron chi connectivity index (χ0n) is 5.47. The molecule has 62 valence electrons. The van der Waals surface area contributed by atoms with Crippen molar-refractivity contribution < 1.29 is 4.39 Å². The first-order chi connectivity index (χ1) is 4.74. The third-order valence-electron chi connectivity index (χ3n) is 1.09. The molecule has 5 heteroatoms. The molecule has 0 aliphatic carbocycles. The van der Waals surface area contributed by atoms with E-state index in [4.69, 9.17) is 5.84 Å². The molecule has 0 aliphatic heterocycles. The molecule has 0 spiro atoms. The van der Waals surface area contributed by atoms with Crippen molar-refractivity contribution in [2.75, 3.05) is 5.43 Å². The van der Waals surface area contributed by atoms with Gasteiger partial charge in [-0.1, -0.05) is 0 Å². The Morgan fingerprint density at radius 3 is 2.55 bits per heavy atom. The van der Waals surface area contributed by atoms with Crippen LogP contribution >= 0.6 is 35.0 Å². The molecule has 0 atom stereocenters. The van der Waals surface area contributed by atoms with Crippen molar-refractivity contribution in [2.24, 2.45) is 5.84 Å². The summed E-state index contributed by atoms with van der Waals surface area (Å²) in [6.07, 6.45) is 0. The highest BCUT2D eigenvalue weighted by Gasteiger charge is 1.97. The molecule has 0 aliphatic rings. The van der Waals surface area contributed by atoms with E-state index >= 15 is 0 Å². The number of hydrazine groups is 1. The van der Waals surface area contributed by atoms with Gasteiger partial charge in [-0.15, -0.1) is 12.4 Å². The highest BCUT2D eigenvalue weighted by Crippen LogP contribution is 2.17. The molecule has 0 aromatic heterocycles. The predicted molar refractivity (Wildman–Crippen MR) is 54.2 cm³/mol. The maximum atomic E-state index is 12.4. The Morgan fingerprint density at radius 1 is 1.45 bits per heavy atom. The first-order valence-corrected chi connectivity index (χ1v) is 3.73. The third-order valence-corrected chi connectivity index (χ3v) is 1.98. The fourth-order valence-electron chi connectivity index (χ4n) is 0.607. The normalized spacial score (nSPS) is 8.64. The number of halogens is 3. The van der Waals surface area contributed by atoms with Crippen LogP contribution in [0.25, 0.3) is 0 Å². The molecule has 2 nitrogen and oxygen atoms in total. The van der Waals surface area contributed by atoms with E-state index in [0.717, 1.165) is 9.26 Å². The van der Waals surface area contributed by atoms with Gasteiger partial charge < -0.3 is 5.43 Å². The molecule has 3 N–H and O–H groups in total. The SMILES string of the molecule is Cl.NNc1ccc(F)cc1I. The lowest BCUT2D eigenvalue weighted by Gasteiger charge is -2.01. The predicted octanol–water partition coefficient (Wildman–Crippen LogP) is 2.14. The van der Waals surface area contributed by atoms with Crippen LogP contribution in [0.15, 0.2) is 18.2 Å². The summed E-state index contributed by atoms with van der Waals surface area (Å²) >= 11 is 2.00. The Hall–Kier alpha value is -0.0700. The number of nitrogens with two attached hydrogens (primary N) is 1. The molecule has 0 amide bonds. The second kappa shape index (κ2) is 4.74. The quantitative estimate of drug-likeness (QED) is 0.472. The van der Waals surface area contributed by atoms with Gasteiger partial charge in [0.1, 0.15) is 5.82 Å². The van der Waals surface area contributed by atoms with E-state index in [1.165, 1.54) is 12.1 Å². The average Bonchev–Trinajstić information content (AvgIpc) is 1.88. The van der Waals surface area contributed by atoms with Crippen molar-refractivity contribution in [1.82, 2.24) is 0 Å². The minimum Gasteiger partial charge on any atom is -0.323 e. The van der Waals surface area contributed by atoms with Crippen molar-refractivity contribution in [2.45, 2.75) is 0 Å². The van der Waals surface area contributed by atoms with E-state index in [0.29, 0.717) is 0 Å². The van der Waals surface area contributed by atoms with Crippen molar-refractivity contribution in [3.63, 3.8) is 0 Å². The minimum absolute atomic E-state index is 0. The zero-order chi connectivity index (χ0) is 7.56. The maximum absolute atomic E-state index is 12.4. The van der Waals surface area contributed by atoms with Gasteiger partial charge in [-0.05, 0) is 40.8 Å². The summed E-state index contributed by atoms with van der Waals surface area (Å²) in [5, 5.41) is 0. The van der Waals surface area contributed by atoms with Crippen LogP contribution in [0.5, 0.6) is 0 Å². The van der Waals surface area contributed by atoms with E-state index in [2.05, 4.69) is 5.43 Å². The summed E-state index contributed by atoms with van der Waals surface area (Å²) in [6.45, 7) is 0. The van der Waals surface area contributed by atoms with E-state index in [-0.39, 0.29) is 18.2 Å². The van der Waals surface area contributed by atoms with Gasteiger partial charge in [0.15, 0.2) is 0 Å². The summed E-state index contributed by atoms with van der Waals surface area (Å²) in [7, 11) is 0. The lowest BCUT2D eigenvalue weighted by Crippen LogP contribution is -2.07. The molecule has 0 saturated heterocycles. The first-order valence-electron chi connectivity index (χ1n) is 2.65. The molecule has 0 saturated carbocycles. The summed E-state index contributed by atoms with van der Waals surface area (Å²) in [5.74, 6) is 4.88. The topological polar surface area (TPSA) is 38.0 Å². The number of benzene rings is 1. The van der Waals surface area contributed by atoms with Crippen LogP contribution in [0, 0.1) is 9.39 Å². The van der Waals surface area contributed by atoms with Gasteiger partial charge in [0.05, 0.1) is 5.69 Å². The van der Waals surface area contributed by atoms with E-state index in [1.807, 2.05) is 22.6 Å². The maximum Gasteiger partial charge on any atom is 0.124 e. The highest BCUT2D eigenvalue weighted by atomic mass is 127. The van der Waals surface area contributed by atoms with Crippen LogP contribution in [-0.2, 0) is 0 Å². The molecule has 1 aromatic carbocycles. The van der Waals surface area contributed by atoms with Crippen LogP contribution in [0.2, 0.25) is 0 Å².